The fourth-order valence-electron chi connectivity index (χ4n) is 3.54. The third-order valence-electron chi connectivity index (χ3n) is 5.39. The van der Waals surface area contributed by atoms with E-state index in [2.05, 4.69) is 5.32 Å². The average Bonchev–Trinajstić information content (AvgIpc) is 3.50. The third kappa shape index (κ3) is 6.07. The van der Waals surface area contributed by atoms with Crippen LogP contribution in [0.25, 0.3) is 11.1 Å². The standard InChI is InChI=1S/C24H25F4N3O/c1-22(2,25)14-19(31-23(15-29)12-13-23)21(32)30-20(24(26,27)28)18-10-8-17(9-11-18)16-6-4-3-5-7-16/h3-11,19-20,31H,12-14H2,1-2H3,(H,30,32)/t19-,20-/m0/s1. The summed E-state index contributed by atoms with van der Waals surface area (Å²) in [7, 11) is 0. The minimum Gasteiger partial charge on any atom is -0.339 e. The van der Waals surface area contributed by atoms with Gasteiger partial charge >= 0.3 is 6.18 Å². The van der Waals surface area contributed by atoms with Gasteiger partial charge in [-0.25, -0.2) is 4.39 Å². The Balaban J connectivity index is 1.82. The van der Waals surface area contributed by atoms with Crippen molar-refractivity contribution in [1.29, 1.82) is 5.26 Å². The van der Waals surface area contributed by atoms with E-state index in [0.29, 0.717) is 12.8 Å². The molecule has 1 aliphatic rings. The molecule has 3 rings (SSSR count). The van der Waals surface area contributed by atoms with Crippen LogP contribution in [-0.2, 0) is 4.79 Å². The SMILES string of the molecule is CC(C)(F)C[C@H](NC1(C#N)CC1)C(=O)N[C@@H](c1ccc(-c2ccccc2)cc1)C(F)(F)F. The second-order valence-electron chi connectivity index (χ2n) is 8.78. The van der Waals surface area contributed by atoms with Crippen molar-refractivity contribution >= 4 is 5.91 Å². The normalized spacial score (nSPS) is 17.2. The van der Waals surface area contributed by atoms with Crippen LogP contribution in [0.4, 0.5) is 17.6 Å². The highest BCUT2D eigenvalue weighted by atomic mass is 19.4. The van der Waals surface area contributed by atoms with E-state index in [1.807, 2.05) is 41.7 Å². The summed E-state index contributed by atoms with van der Waals surface area (Å²) in [5.74, 6) is -0.994. The summed E-state index contributed by atoms with van der Waals surface area (Å²) in [6.07, 6.45) is -4.20. The fourth-order valence-corrected chi connectivity index (χ4v) is 3.54. The first-order valence-electron chi connectivity index (χ1n) is 10.3. The van der Waals surface area contributed by atoms with Crippen LogP contribution in [0.15, 0.2) is 54.6 Å². The lowest BCUT2D eigenvalue weighted by Crippen LogP contribution is -2.53. The second kappa shape index (κ2) is 8.91. The Morgan fingerprint density at radius 2 is 1.59 bits per heavy atom. The Hall–Kier alpha value is -2.92. The van der Waals surface area contributed by atoms with Crippen LogP contribution in [0.2, 0.25) is 0 Å². The zero-order valence-corrected chi connectivity index (χ0v) is 17.8. The number of benzene rings is 2. The summed E-state index contributed by atoms with van der Waals surface area (Å²) in [4.78, 5) is 12.8. The van der Waals surface area contributed by atoms with Crippen LogP contribution in [0.5, 0.6) is 0 Å². The Bertz CT molecular complexity index is 972. The Kier molecular flexibility index (Phi) is 6.61. The molecule has 2 aromatic rings. The van der Waals surface area contributed by atoms with Gasteiger partial charge in [0.15, 0.2) is 6.04 Å². The van der Waals surface area contributed by atoms with Crippen molar-refractivity contribution in [1.82, 2.24) is 10.6 Å². The van der Waals surface area contributed by atoms with Gasteiger partial charge in [0, 0.05) is 6.42 Å². The number of carbonyl (C=O) groups excluding carboxylic acids is 1. The number of carbonyl (C=O) groups is 1. The van der Waals surface area contributed by atoms with E-state index in [1.54, 1.807) is 12.1 Å². The highest BCUT2D eigenvalue weighted by molar-refractivity contribution is 5.82. The lowest BCUT2D eigenvalue weighted by molar-refractivity contribution is -0.164. The maximum Gasteiger partial charge on any atom is 0.412 e. The predicted octanol–water partition coefficient (Wildman–Crippen LogP) is 5.23. The Labute approximate surface area is 184 Å². The molecular weight excluding hydrogens is 422 g/mol. The number of nitrogens with zero attached hydrogens (tertiary/aromatic N) is 1. The molecule has 4 nitrogen and oxygen atoms in total. The molecular formula is C24H25F4N3O. The quantitative estimate of drug-likeness (QED) is 0.545. The Morgan fingerprint density at radius 3 is 2.06 bits per heavy atom. The Morgan fingerprint density at radius 1 is 1.03 bits per heavy atom. The molecule has 170 valence electrons. The maximum absolute atomic E-state index is 14.3. The number of halogens is 4. The van der Waals surface area contributed by atoms with E-state index < -0.39 is 35.4 Å². The van der Waals surface area contributed by atoms with Gasteiger partial charge < -0.3 is 5.32 Å². The van der Waals surface area contributed by atoms with Crippen molar-refractivity contribution in [3.05, 3.63) is 60.2 Å². The van der Waals surface area contributed by atoms with Gasteiger partial charge in [0.1, 0.15) is 11.2 Å². The first-order valence-corrected chi connectivity index (χ1v) is 10.3. The van der Waals surface area contributed by atoms with Gasteiger partial charge in [-0.05, 0) is 43.4 Å². The molecule has 0 spiro atoms. The largest absolute Gasteiger partial charge is 0.412 e. The third-order valence-corrected chi connectivity index (χ3v) is 5.39. The zero-order valence-electron chi connectivity index (χ0n) is 17.8. The van der Waals surface area contributed by atoms with Crippen LogP contribution < -0.4 is 10.6 Å². The molecule has 2 atom stereocenters. The first-order chi connectivity index (χ1) is 14.9. The maximum atomic E-state index is 14.3. The minimum absolute atomic E-state index is 0.134. The number of nitriles is 1. The second-order valence-corrected chi connectivity index (χ2v) is 8.78. The first kappa shape index (κ1) is 23.7. The van der Waals surface area contributed by atoms with E-state index in [9.17, 15) is 27.6 Å². The van der Waals surface area contributed by atoms with Crippen LogP contribution >= 0.6 is 0 Å². The van der Waals surface area contributed by atoms with Gasteiger partial charge in [0.2, 0.25) is 5.91 Å². The van der Waals surface area contributed by atoms with E-state index in [0.717, 1.165) is 11.1 Å². The topological polar surface area (TPSA) is 64.9 Å². The smallest absolute Gasteiger partial charge is 0.339 e. The minimum atomic E-state index is -4.76. The molecule has 0 bridgehead atoms. The van der Waals surface area contributed by atoms with E-state index in [1.165, 1.54) is 26.0 Å². The van der Waals surface area contributed by atoms with Crippen LogP contribution in [-0.4, -0.2) is 29.3 Å². The van der Waals surface area contributed by atoms with Crippen molar-refractivity contribution in [2.45, 2.75) is 62.6 Å². The number of amides is 1. The highest BCUT2D eigenvalue weighted by Gasteiger charge is 2.48. The van der Waals surface area contributed by atoms with Gasteiger partial charge in [0.25, 0.3) is 0 Å². The molecule has 2 aromatic carbocycles. The summed E-state index contributed by atoms with van der Waals surface area (Å²) >= 11 is 0. The molecule has 1 aliphatic carbocycles. The number of hydrogen-bond acceptors (Lipinski definition) is 3. The van der Waals surface area contributed by atoms with Crippen LogP contribution in [0, 0.1) is 11.3 Å². The van der Waals surface area contributed by atoms with Crippen molar-refractivity contribution < 1.29 is 22.4 Å². The molecule has 0 aromatic heterocycles. The summed E-state index contributed by atoms with van der Waals surface area (Å²) in [6, 6.07) is 13.4. The van der Waals surface area contributed by atoms with Gasteiger partial charge in [-0.2, -0.15) is 18.4 Å². The molecule has 2 N–H and O–H groups in total. The molecule has 1 saturated carbocycles. The molecule has 0 saturated heterocycles. The van der Waals surface area contributed by atoms with E-state index in [-0.39, 0.29) is 12.0 Å². The molecule has 0 aliphatic heterocycles. The van der Waals surface area contributed by atoms with Crippen LogP contribution in [0.1, 0.15) is 44.7 Å². The fraction of sp³-hybridized carbons (Fsp3) is 0.417. The predicted molar refractivity (Wildman–Crippen MR) is 113 cm³/mol. The summed E-state index contributed by atoms with van der Waals surface area (Å²) in [5, 5.41) is 14.1. The zero-order chi connectivity index (χ0) is 23.6. The van der Waals surface area contributed by atoms with Gasteiger partial charge in [-0.3, -0.25) is 10.1 Å². The molecule has 0 heterocycles. The van der Waals surface area contributed by atoms with E-state index in [4.69, 9.17) is 0 Å². The van der Waals surface area contributed by atoms with Gasteiger partial charge in [0.05, 0.1) is 12.1 Å². The molecule has 0 radical (unpaired) electrons. The lowest BCUT2D eigenvalue weighted by Gasteiger charge is -2.29. The summed E-state index contributed by atoms with van der Waals surface area (Å²) < 4.78 is 55.8. The lowest BCUT2D eigenvalue weighted by atomic mass is 9.97. The number of nitrogens with one attached hydrogen (secondary N) is 2. The van der Waals surface area contributed by atoms with Crippen LogP contribution in [0.3, 0.4) is 0 Å². The molecule has 8 heteroatoms. The van der Waals surface area contributed by atoms with Crippen molar-refractivity contribution in [2.75, 3.05) is 0 Å². The monoisotopic (exact) mass is 447 g/mol. The summed E-state index contributed by atoms with van der Waals surface area (Å²) in [5.41, 5.74) is -1.34. The number of rotatable bonds is 8. The van der Waals surface area contributed by atoms with Gasteiger partial charge in [-0.15, -0.1) is 0 Å². The number of alkyl halides is 4. The highest BCUT2D eigenvalue weighted by Crippen LogP contribution is 2.37. The molecule has 0 unspecified atom stereocenters. The van der Waals surface area contributed by atoms with Crippen molar-refractivity contribution in [3.8, 4) is 17.2 Å². The van der Waals surface area contributed by atoms with Gasteiger partial charge in [-0.1, -0.05) is 54.6 Å². The number of hydrogen-bond donors (Lipinski definition) is 2. The molecule has 32 heavy (non-hydrogen) atoms. The van der Waals surface area contributed by atoms with Crippen molar-refractivity contribution in [3.63, 3.8) is 0 Å². The average molecular weight is 447 g/mol. The summed E-state index contributed by atoms with van der Waals surface area (Å²) in [6.45, 7) is 2.48. The molecule has 1 fully saturated rings. The molecule has 1 amide bonds. The van der Waals surface area contributed by atoms with E-state index >= 15 is 0 Å². The van der Waals surface area contributed by atoms with Crippen molar-refractivity contribution in [2.24, 2.45) is 0 Å².